The van der Waals surface area contributed by atoms with Gasteiger partial charge in [0.05, 0.1) is 6.61 Å². The van der Waals surface area contributed by atoms with E-state index in [-0.39, 0.29) is 12.1 Å². The minimum atomic E-state index is -0.439. The second-order valence-electron chi connectivity index (χ2n) is 3.28. The van der Waals surface area contributed by atoms with Crippen molar-refractivity contribution in [1.29, 1.82) is 0 Å². The Morgan fingerprint density at radius 2 is 2.13 bits per heavy atom. The number of benzene rings is 1. The maximum absolute atomic E-state index is 11.3. The lowest BCUT2D eigenvalue weighted by molar-refractivity contribution is -0.144. The first-order valence-electron chi connectivity index (χ1n) is 4.80. The summed E-state index contributed by atoms with van der Waals surface area (Å²) >= 11 is 5.75. The number of esters is 1. The van der Waals surface area contributed by atoms with Crippen LogP contribution in [-0.4, -0.2) is 18.7 Å². The van der Waals surface area contributed by atoms with Gasteiger partial charge in [-0.25, -0.2) is 4.79 Å². The average molecular weight is 227 g/mol. The fourth-order valence-electron chi connectivity index (χ4n) is 1.42. The van der Waals surface area contributed by atoms with Crippen LogP contribution in [0.4, 0.5) is 0 Å². The highest BCUT2D eigenvalue weighted by Crippen LogP contribution is 2.39. The molecule has 0 aromatic heterocycles. The molecule has 0 aliphatic carbocycles. The Balaban J connectivity index is 1.98. The quantitative estimate of drug-likeness (QED) is 0.587. The molecule has 1 saturated heterocycles. The van der Waals surface area contributed by atoms with Gasteiger partial charge in [-0.05, 0) is 24.6 Å². The van der Waals surface area contributed by atoms with E-state index in [1.54, 1.807) is 19.1 Å². The van der Waals surface area contributed by atoms with Crippen LogP contribution in [0.1, 0.15) is 18.6 Å². The highest BCUT2D eigenvalue weighted by molar-refractivity contribution is 6.30. The van der Waals surface area contributed by atoms with Crippen LogP contribution >= 0.6 is 11.6 Å². The van der Waals surface area contributed by atoms with Crippen LogP contribution in [0.3, 0.4) is 0 Å². The van der Waals surface area contributed by atoms with Crippen LogP contribution in [0.5, 0.6) is 0 Å². The lowest BCUT2D eigenvalue weighted by Gasteiger charge is -1.97. The molecule has 1 fully saturated rings. The van der Waals surface area contributed by atoms with Crippen LogP contribution in [0.25, 0.3) is 0 Å². The first-order valence-corrected chi connectivity index (χ1v) is 5.17. The van der Waals surface area contributed by atoms with Crippen LogP contribution < -0.4 is 0 Å². The predicted octanol–water partition coefficient (Wildman–Crippen LogP) is 2.34. The second-order valence-corrected chi connectivity index (χ2v) is 3.72. The molecular weight excluding hydrogens is 216 g/mol. The first-order chi connectivity index (χ1) is 7.22. The Labute approximate surface area is 92.9 Å². The molecule has 15 heavy (non-hydrogen) atoms. The molecule has 2 atom stereocenters. The molecule has 0 spiro atoms. The number of epoxide rings is 1. The lowest BCUT2D eigenvalue weighted by atomic mass is 10.1. The third kappa shape index (κ3) is 2.30. The molecule has 0 N–H and O–H groups in total. The molecular formula is C11H11ClO3. The molecule has 4 heteroatoms. The van der Waals surface area contributed by atoms with Crippen LogP contribution in [0.15, 0.2) is 24.3 Å². The second kappa shape index (κ2) is 4.21. The lowest BCUT2D eigenvalue weighted by Crippen LogP contribution is -2.11. The van der Waals surface area contributed by atoms with E-state index in [4.69, 9.17) is 21.1 Å². The van der Waals surface area contributed by atoms with E-state index in [1.165, 1.54) is 0 Å². The minimum absolute atomic E-state index is 0.165. The summed E-state index contributed by atoms with van der Waals surface area (Å²) in [6.45, 7) is 2.16. The predicted molar refractivity (Wildman–Crippen MR) is 55.7 cm³/mol. The molecule has 0 saturated carbocycles. The number of ether oxygens (including phenoxy) is 2. The topological polar surface area (TPSA) is 38.8 Å². The van der Waals surface area contributed by atoms with Gasteiger partial charge in [0.15, 0.2) is 6.10 Å². The summed E-state index contributed by atoms with van der Waals surface area (Å²) in [5, 5.41) is 0.673. The first kappa shape index (κ1) is 10.5. The van der Waals surface area contributed by atoms with E-state index in [0.29, 0.717) is 11.6 Å². The molecule has 1 heterocycles. The van der Waals surface area contributed by atoms with Gasteiger partial charge < -0.3 is 9.47 Å². The Morgan fingerprint density at radius 1 is 1.47 bits per heavy atom. The van der Waals surface area contributed by atoms with Gasteiger partial charge in [-0.15, -0.1) is 0 Å². The zero-order chi connectivity index (χ0) is 10.8. The Morgan fingerprint density at radius 3 is 2.73 bits per heavy atom. The van der Waals surface area contributed by atoms with Crippen molar-refractivity contribution in [2.24, 2.45) is 0 Å². The van der Waals surface area contributed by atoms with Crippen molar-refractivity contribution in [1.82, 2.24) is 0 Å². The third-order valence-electron chi connectivity index (χ3n) is 2.21. The average Bonchev–Trinajstić information content (AvgIpc) is 2.99. The molecule has 80 valence electrons. The standard InChI is InChI=1S/C11H11ClO3/c1-2-14-11(13)10-9(15-10)7-3-5-8(12)6-4-7/h3-6,9-10H,2H2,1H3/t9-,10+/m0/s1. The van der Waals surface area contributed by atoms with E-state index in [1.807, 2.05) is 12.1 Å². The summed E-state index contributed by atoms with van der Waals surface area (Å²) in [6, 6.07) is 7.26. The van der Waals surface area contributed by atoms with Crippen molar-refractivity contribution in [2.75, 3.05) is 6.61 Å². The van der Waals surface area contributed by atoms with Gasteiger partial charge in [-0.2, -0.15) is 0 Å². The van der Waals surface area contributed by atoms with Gasteiger partial charge >= 0.3 is 5.97 Å². The molecule has 0 unspecified atom stereocenters. The summed E-state index contributed by atoms with van der Waals surface area (Å²) in [7, 11) is 0. The number of carbonyl (C=O) groups excluding carboxylic acids is 1. The molecule has 2 rings (SSSR count). The van der Waals surface area contributed by atoms with Gasteiger partial charge in [-0.1, -0.05) is 23.7 Å². The maximum atomic E-state index is 11.3. The smallest absolute Gasteiger partial charge is 0.338 e. The maximum Gasteiger partial charge on any atom is 0.338 e. The molecule has 1 aliphatic rings. The normalized spacial score (nSPS) is 23.6. The van der Waals surface area contributed by atoms with Gasteiger partial charge in [-0.3, -0.25) is 0 Å². The Kier molecular flexibility index (Phi) is 2.93. The minimum Gasteiger partial charge on any atom is -0.464 e. The molecule has 1 aromatic carbocycles. The zero-order valence-electron chi connectivity index (χ0n) is 8.27. The fourth-order valence-corrected chi connectivity index (χ4v) is 1.55. The molecule has 1 aromatic rings. The summed E-state index contributed by atoms with van der Waals surface area (Å²) in [4.78, 5) is 11.3. The van der Waals surface area contributed by atoms with Crippen molar-refractivity contribution in [3.63, 3.8) is 0 Å². The fraction of sp³-hybridized carbons (Fsp3) is 0.364. The van der Waals surface area contributed by atoms with Crippen LogP contribution in [0, 0.1) is 0 Å². The highest BCUT2D eigenvalue weighted by atomic mass is 35.5. The summed E-state index contributed by atoms with van der Waals surface area (Å²) in [5.74, 6) is -0.294. The summed E-state index contributed by atoms with van der Waals surface area (Å²) in [5.41, 5.74) is 0.956. The van der Waals surface area contributed by atoms with Crippen molar-refractivity contribution in [2.45, 2.75) is 19.1 Å². The van der Waals surface area contributed by atoms with E-state index < -0.39 is 6.10 Å². The largest absolute Gasteiger partial charge is 0.464 e. The van der Waals surface area contributed by atoms with E-state index in [9.17, 15) is 4.79 Å². The molecule has 0 amide bonds. The van der Waals surface area contributed by atoms with Gasteiger partial charge in [0.25, 0.3) is 0 Å². The van der Waals surface area contributed by atoms with Crippen molar-refractivity contribution < 1.29 is 14.3 Å². The van der Waals surface area contributed by atoms with E-state index >= 15 is 0 Å². The zero-order valence-corrected chi connectivity index (χ0v) is 9.03. The number of halogens is 1. The molecule has 0 radical (unpaired) electrons. The van der Waals surface area contributed by atoms with Gasteiger partial charge in [0, 0.05) is 5.02 Å². The van der Waals surface area contributed by atoms with Crippen LogP contribution in [0.2, 0.25) is 5.02 Å². The number of hydrogen-bond acceptors (Lipinski definition) is 3. The van der Waals surface area contributed by atoms with Gasteiger partial charge in [0.2, 0.25) is 0 Å². The van der Waals surface area contributed by atoms with Crippen molar-refractivity contribution >= 4 is 17.6 Å². The molecule has 0 bridgehead atoms. The number of rotatable bonds is 3. The van der Waals surface area contributed by atoms with Crippen molar-refractivity contribution in [3.05, 3.63) is 34.9 Å². The van der Waals surface area contributed by atoms with Gasteiger partial charge in [0.1, 0.15) is 6.10 Å². The number of hydrogen-bond donors (Lipinski definition) is 0. The summed E-state index contributed by atoms with van der Waals surface area (Å²) < 4.78 is 10.1. The van der Waals surface area contributed by atoms with Crippen LogP contribution in [-0.2, 0) is 14.3 Å². The third-order valence-corrected chi connectivity index (χ3v) is 2.46. The monoisotopic (exact) mass is 226 g/mol. The Bertz CT molecular complexity index is 361. The SMILES string of the molecule is CCOC(=O)[C@@H]1O[C@H]1c1ccc(Cl)cc1. The summed E-state index contributed by atoms with van der Waals surface area (Å²) in [6.07, 6.45) is -0.604. The van der Waals surface area contributed by atoms with E-state index in [2.05, 4.69) is 0 Å². The van der Waals surface area contributed by atoms with E-state index in [0.717, 1.165) is 5.56 Å². The highest BCUT2D eigenvalue weighted by Gasteiger charge is 2.47. The Hall–Kier alpha value is -1.06. The molecule has 3 nitrogen and oxygen atoms in total. The van der Waals surface area contributed by atoms with Crippen molar-refractivity contribution in [3.8, 4) is 0 Å². The molecule has 1 aliphatic heterocycles. The number of carbonyl (C=O) groups is 1.